The van der Waals surface area contributed by atoms with Gasteiger partial charge in [-0.25, -0.2) is 0 Å². The molecule has 0 bridgehead atoms. The molecule has 2 N–H and O–H groups in total. The Morgan fingerprint density at radius 2 is 1.77 bits per heavy atom. The van der Waals surface area contributed by atoms with Gasteiger partial charge in [0.1, 0.15) is 23.0 Å². The van der Waals surface area contributed by atoms with Gasteiger partial charge < -0.3 is 24.5 Å². The monoisotopic (exact) mass is 406 g/mol. The van der Waals surface area contributed by atoms with Gasteiger partial charge in [-0.1, -0.05) is 6.07 Å². The summed E-state index contributed by atoms with van der Waals surface area (Å²) in [7, 11) is 3.06. The van der Waals surface area contributed by atoms with Crippen LogP contribution >= 0.6 is 0 Å². The summed E-state index contributed by atoms with van der Waals surface area (Å²) in [5.74, 6) is 0.598. The fraction of sp³-hybridized carbons (Fsp3) is 0.130. The summed E-state index contributed by atoms with van der Waals surface area (Å²) in [6, 6.07) is 15.4. The first-order valence-corrected chi connectivity index (χ1v) is 9.16. The summed E-state index contributed by atoms with van der Waals surface area (Å²) in [6.07, 6.45) is 2.94. The van der Waals surface area contributed by atoms with Crippen LogP contribution in [0.5, 0.6) is 11.5 Å². The number of aryl methyl sites for hydroxylation is 1. The highest BCUT2D eigenvalue weighted by Crippen LogP contribution is 2.25. The maximum Gasteiger partial charge on any atom is 0.272 e. The highest BCUT2D eigenvalue weighted by molar-refractivity contribution is 6.11. The molecule has 0 spiro atoms. The van der Waals surface area contributed by atoms with E-state index in [1.54, 1.807) is 55.6 Å². The minimum Gasteiger partial charge on any atom is -0.497 e. The van der Waals surface area contributed by atoms with E-state index in [1.165, 1.54) is 19.4 Å². The number of methoxy groups -OCH3 is 2. The zero-order valence-electron chi connectivity index (χ0n) is 16.9. The van der Waals surface area contributed by atoms with Gasteiger partial charge in [0.25, 0.3) is 11.8 Å². The second kappa shape index (κ2) is 9.47. The number of furan rings is 1. The number of anilines is 1. The molecule has 30 heavy (non-hydrogen) atoms. The zero-order valence-corrected chi connectivity index (χ0v) is 16.9. The lowest BCUT2D eigenvalue weighted by atomic mass is 10.2. The molecule has 1 aromatic heterocycles. The molecule has 1 heterocycles. The highest BCUT2D eigenvalue weighted by Gasteiger charge is 2.17. The molecule has 0 aliphatic rings. The summed E-state index contributed by atoms with van der Waals surface area (Å²) < 4.78 is 15.7. The van der Waals surface area contributed by atoms with Gasteiger partial charge in [-0.2, -0.15) is 0 Å². The lowest BCUT2D eigenvalue weighted by Crippen LogP contribution is -2.30. The van der Waals surface area contributed by atoms with E-state index < -0.39 is 11.8 Å². The van der Waals surface area contributed by atoms with E-state index in [9.17, 15) is 9.59 Å². The van der Waals surface area contributed by atoms with Gasteiger partial charge in [-0.05, 0) is 61.0 Å². The van der Waals surface area contributed by atoms with Crippen LogP contribution in [0.2, 0.25) is 0 Å². The third kappa shape index (κ3) is 5.08. The summed E-state index contributed by atoms with van der Waals surface area (Å²) in [4.78, 5) is 25.7. The Bertz CT molecular complexity index is 1050. The molecule has 0 saturated heterocycles. The maximum atomic E-state index is 13.0. The average Bonchev–Trinajstić information content (AvgIpc) is 3.26. The van der Waals surface area contributed by atoms with Gasteiger partial charge in [0, 0.05) is 11.6 Å². The van der Waals surface area contributed by atoms with E-state index >= 15 is 0 Å². The number of carbonyl (C=O) groups is 2. The molecule has 0 aliphatic carbocycles. The van der Waals surface area contributed by atoms with E-state index in [0.717, 1.165) is 5.56 Å². The van der Waals surface area contributed by atoms with Gasteiger partial charge in [-0.3, -0.25) is 9.59 Å². The molecule has 0 aliphatic heterocycles. The van der Waals surface area contributed by atoms with E-state index in [4.69, 9.17) is 13.9 Å². The van der Waals surface area contributed by atoms with Gasteiger partial charge >= 0.3 is 0 Å². The summed E-state index contributed by atoms with van der Waals surface area (Å²) in [5, 5.41) is 5.43. The van der Waals surface area contributed by atoms with Crippen LogP contribution in [0, 0.1) is 6.92 Å². The van der Waals surface area contributed by atoms with Crippen LogP contribution in [0.4, 0.5) is 5.69 Å². The van der Waals surface area contributed by atoms with Crippen LogP contribution in [0.15, 0.2) is 71.0 Å². The van der Waals surface area contributed by atoms with Crippen molar-refractivity contribution in [2.75, 3.05) is 19.5 Å². The number of ether oxygens (including phenoxy) is 2. The average molecular weight is 406 g/mol. The maximum absolute atomic E-state index is 13.0. The molecule has 0 saturated carbocycles. The zero-order chi connectivity index (χ0) is 21.5. The summed E-state index contributed by atoms with van der Waals surface area (Å²) >= 11 is 0. The number of rotatable bonds is 7. The summed E-state index contributed by atoms with van der Waals surface area (Å²) in [5.41, 5.74) is 1.84. The molecule has 0 atom stereocenters. The van der Waals surface area contributed by atoms with Crippen molar-refractivity contribution in [2.24, 2.45) is 0 Å². The van der Waals surface area contributed by atoms with Gasteiger partial charge in [-0.15, -0.1) is 0 Å². The normalized spacial score (nSPS) is 11.0. The van der Waals surface area contributed by atoms with Gasteiger partial charge in [0.15, 0.2) is 0 Å². The topological polar surface area (TPSA) is 89.8 Å². The van der Waals surface area contributed by atoms with Crippen LogP contribution in [-0.4, -0.2) is 26.0 Å². The number of carbonyl (C=O) groups excluding carboxylic acids is 2. The van der Waals surface area contributed by atoms with E-state index in [-0.39, 0.29) is 5.70 Å². The van der Waals surface area contributed by atoms with Crippen molar-refractivity contribution in [1.29, 1.82) is 0 Å². The molecule has 0 fully saturated rings. The van der Waals surface area contributed by atoms with Crippen molar-refractivity contribution in [3.8, 4) is 11.5 Å². The smallest absolute Gasteiger partial charge is 0.272 e. The van der Waals surface area contributed by atoms with Crippen molar-refractivity contribution in [1.82, 2.24) is 5.32 Å². The number of amides is 2. The minimum atomic E-state index is -0.517. The molecule has 0 unspecified atom stereocenters. The number of benzene rings is 2. The largest absolute Gasteiger partial charge is 0.497 e. The number of hydrogen-bond donors (Lipinski definition) is 2. The first kappa shape index (κ1) is 20.7. The molecule has 2 aromatic carbocycles. The Kier molecular flexibility index (Phi) is 6.54. The van der Waals surface area contributed by atoms with Crippen LogP contribution in [0.25, 0.3) is 6.08 Å². The predicted octanol–water partition coefficient (Wildman–Crippen LogP) is 4.01. The number of hydrogen-bond acceptors (Lipinski definition) is 5. The van der Waals surface area contributed by atoms with Crippen LogP contribution in [0.3, 0.4) is 0 Å². The van der Waals surface area contributed by atoms with Crippen molar-refractivity contribution in [3.63, 3.8) is 0 Å². The quantitative estimate of drug-likeness (QED) is 0.579. The highest BCUT2D eigenvalue weighted by atomic mass is 16.5. The molecule has 7 heteroatoms. The predicted molar refractivity (Wildman–Crippen MR) is 114 cm³/mol. The Balaban J connectivity index is 1.86. The van der Waals surface area contributed by atoms with Crippen molar-refractivity contribution in [3.05, 3.63) is 83.4 Å². The van der Waals surface area contributed by atoms with Crippen LogP contribution < -0.4 is 20.1 Å². The second-order valence-corrected chi connectivity index (χ2v) is 6.41. The van der Waals surface area contributed by atoms with E-state index in [2.05, 4.69) is 10.6 Å². The van der Waals surface area contributed by atoms with E-state index in [0.29, 0.717) is 28.5 Å². The molecular weight excluding hydrogens is 384 g/mol. The molecule has 154 valence electrons. The molecular formula is C23H22N2O5. The molecule has 3 aromatic rings. The van der Waals surface area contributed by atoms with Crippen molar-refractivity contribution >= 4 is 23.6 Å². The Hall–Kier alpha value is -4.00. The first-order chi connectivity index (χ1) is 14.5. The lowest BCUT2D eigenvalue weighted by molar-refractivity contribution is -0.113. The molecule has 7 nitrogen and oxygen atoms in total. The third-order valence-electron chi connectivity index (χ3n) is 4.28. The minimum absolute atomic E-state index is 0.0225. The standard InChI is InChI=1S/C23H22N2O5/c1-15-6-11-21(29-3)19(13-15)24-23(27)20(14-18-5-4-12-30-18)25-22(26)16-7-9-17(28-2)10-8-16/h4-14H,1-3H3,(H,24,27)(H,25,26)/b20-14-. The fourth-order valence-electron chi connectivity index (χ4n) is 2.72. The van der Waals surface area contributed by atoms with Crippen LogP contribution in [0.1, 0.15) is 21.7 Å². The van der Waals surface area contributed by atoms with Crippen molar-refractivity contribution < 1.29 is 23.5 Å². The van der Waals surface area contributed by atoms with Gasteiger partial charge in [0.2, 0.25) is 0 Å². The lowest BCUT2D eigenvalue weighted by Gasteiger charge is -2.14. The summed E-state index contributed by atoms with van der Waals surface area (Å²) in [6.45, 7) is 1.90. The molecule has 0 radical (unpaired) electrons. The van der Waals surface area contributed by atoms with Crippen molar-refractivity contribution in [2.45, 2.75) is 6.92 Å². The second-order valence-electron chi connectivity index (χ2n) is 6.41. The number of nitrogens with one attached hydrogen (secondary N) is 2. The van der Waals surface area contributed by atoms with E-state index in [1.807, 2.05) is 13.0 Å². The Labute approximate surface area is 174 Å². The Morgan fingerprint density at radius 1 is 1.00 bits per heavy atom. The van der Waals surface area contributed by atoms with Gasteiger partial charge in [0.05, 0.1) is 26.2 Å². The Morgan fingerprint density at radius 3 is 2.40 bits per heavy atom. The third-order valence-corrected chi connectivity index (χ3v) is 4.28. The fourth-order valence-corrected chi connectivity index (χ4v) is 2.72. The first-order valence-electron chi connectivity index (χ1n) is 9.16. The van der Waals surface area contributed by atoms with Crippen LogP contribution in [-0.2, 0) is 4.79 Å². The SMILES string of the molecule is COc1ccc(C(=O)N/C(=C\c2ccco2)C(=O)Nc2cc(C)ccc2OC)cc1. The molecule has 2 amide bonds. The molecule has 3 rings (SSSR count).